The first-order valence-electron chi connectivity index (χ1n) is 9.90. The van der Waals surface area contributed by atoms with Crippen molar-refractivity contribution in [3.8, 4) is 5.75 Å². The van der Waals surface area contributed by atoms with Crippen LogP contribution in [0.3, 0.4) is 0 Å². The van der Waals surface area contributed by atoms with Crippen LogP contribution in [0.2, 0.25) is 0 Å². The predicted molar refractivity (Wildman–Crippen MR) is 118 cm³/mol. The summed E-state index contributed by atoms with van der Waals surface area (Å²) in [6, 6.07) is 13.0. The lowest BCUT2D eigenvalue weighted by molar-refractivity contribution is -0.114. The fraction of sp³-hybridized carbons (Fsp3) is 0.304. The predicted octanol–water partition coefficient (Wildman–Crippen LogP) is 3.71. The number of rotatable bonds is 5. The molecule has 0 spiro atoms. The molecule has 2 aromatic rings. The average molecular weight is 425 g/mol. The molecule has 30 heavy (non-hydrogen) atoms. The van der Waals surface area contributed by atoms with E-state index in [1.54, 1.807) is 31.2 Å². The molecule has 4 rings (SSSR count). The summed E-state index contributed by atoms with van der Waals surface area (Å²) in [5.41, 5.74) is 2.16. The molecule has 156 valence electrons. The van der Waals surface area contributed by atoms with Crippen molar-refractivity contribution in [2.75, 3.05) is 32.2 Å². The number of amides is 2. The zero-order chi connectivity index (χ0) is 21.1. The first-order valence-corrected chi connectivity index (χ1v) is 10.7. The van der Waals surface area contributed by atoms with Gasteiger partial charge in [0.2, 0.25) is 0 Å². The van der Waals surface area contributed by atoms with Gasteiger partial charge in [-0.05, 0) is 54.8 Å². The van der Waals surface area contributed by atoms with Crippen LogP contribution in [0.1, 0.15) is 28.8 Å². The Labute approximate surface area is 180 Å². The van der Waals surface area contributed by atoms with E-state index in [0.29, 0.717) is 17.0 Å². The lowest BCUT2D eigenvalue weighted by Gasteiger charge is -2.27. The number of carbonyl (C=O) groups excluding carboxylic acids is 2. The van der Waals surface area contributed by atoms with Gasteiger partial charge in [0.05, 0.1) is 23.8 Å². The summed E-state index contributed by atoms with van der Waals surface area (Å²) in [6.07, 6.45) is 3.96. The molecule has 1 saturated heterocycles. The monoisotopic (exact) mass is 424 g/mol. The Balaban J connectivity index is 1.52. The Morgan fingerprint density at radius 3 is 2.97 bits per heavy atom. The van der Waals surface area contributed by atoms with Crippen molar-refractivity contribution in [1.29, 1.82) is 0 Å². The Morgan fingerprint density at radius 1 is 1.33 bits per heavy atom. The molecule has 1 fully saturated rings. The molecule has 0 aliphatic carbocycles. The molecule has 0 unspecified atom stereocenters. The van der Waals surface area contributed by atoms with Gasteiger partial charge in [-0.25, -0.2) is 0 Å². The molecule has 1 atom stereocenters. The summed E-state index contributed by atoms with van der Waals surface area (Å²) in [5, 5.41) is 2.93. The number of likely N-dealkylation sites (N-methyl/N-ethyl adjacent to an activating group) is 1. The van der Waals surface area contributed by atoms with Crippen LogP contribution >= 0.6 is 11.8 Å². The third kappa shape index (κ3) is 4.37. The number of hydrogen-bond donors (Lipinski definition) is 1. The molecular formula is C23H24N2O4S. The van der Waals surface area contributed by atoms with Crippen LogP contribution in [0.5, 0.6) is 5.75 Å². The zero-order valence-electron chi connectivity index (χ0n) is 17.0. The molecule has 0 radical (unpaired) electrons. The van der Waals surface area contributed by atoms with Crippen molar-refractivity contribution in [1.82, 2.24) is 5.32 Å². The van der Waals surface area contributed by atoms with Crippen molar-refractivity contribution in [2.45, 2.75) is 23.8 Å². The van der Waals surface area contributed by atoms with Crippen LogP contribution in [0, 0.1) is 0 Å². The van der Waals surface area contributed by atoms with Gasteiger partial charge in [0.15, 0.2) is 0 Å². The van der Waals surface area contributed by atoms with Crippen LogP contribution in [-0.4, -0.2) is 45.2 Å². The highest BCUT2D eigenvalue weighted by Gasteiger charge is 2.27. The highest BCUT2D eigenvalue weighted by Crippen LogP contribution is 2.42. The second-order valence-electron chi connectivity index (χ2n) is 7.28. The Bertz CT molecular complexity index is 998. The van der Waals surface area contributed by atoms with Gasteiger partial charge in [-0.15, -0.1) is 0 Å². The van der Waals surface area contributed by atoms with Gasteiger partial charge >= 0.3 is 0 Å². The molecule has 0 bridgehead atoms. The number of hydrogen-bond acceptors (Lipinski definition) is 5. The van der Waals surface area contributed by atoms with E-state index in [2.05, 4.69) is 5.32 Å². The number of ether oxygens (including phenoxy) is 2. The number of nitrogens with zero attached hydrogens (tertiary/aromatic N) is 1. The van der Waals surface area contributed by atoms with Crippen molar-refractivity contribution in [2.24, 2.45) is 0 Å². The molecular weight excluding hydrogens is 400 g/mol. The third-order valence-corrected chi connectivity index (χ3v) is 6.30. The van der Waals surface area contributed by atoms with Crippen molar-refractivity contribution in [3.05, 3.63) is 58.5 Å². The molecule has 2 heterocycles. The lowest BCUT2D eigenvalue weighted by atomic mass is 10.1. The van der Waals surface area contributed by atoms with E-state index in [-0.39, 0.29) is 17.9 Å². The topological polar surface area (TPSA) is 67.9 Å². The van der Waals surface area contributed by atoms with Gasteiger partial charge in [-0.1, -0.05) is 23.9 Å². The van der Waals surface area contributed by atoms with E-state index in [0.717, 1.165) is 41.3 Å². The maximum atomic E-state index is 12.9. The second-order valence-corrected chi connectivity index (χ2v) is 8.36. The lowest BCUT2D eigenvalue weighted by Crippen LogP contribution is -2.33. The molecule has 2 amide bonds. The van der Waals surface area contributed by atoms with Crippen molar-refractivity contribution < 1.29 is 19.1 Å². The molecule has 2 aromatic carbocycles. The molecule has 0 saturated carbocycles. The van der Waals surface area contributed by atoms with E-state index in [4.69, 9.17) is 9.47 Å². The van der Waals surface area contributed by atoms with Gasteiger partial charge in [0.1, 0.15) is 5.75 Å². The number of thioether (sulfide) groups is 1. The van der Waals surface area contributed by atoms with Gasteiger partial charge in [-0.2, -0.15) is 0 Å². The van der Waals surface area contributed by atoms with Gasteiger partial charge in [-0.3, -0.25) is 9.59 Å². The summed E-state index contributed by atoms with van der Waals surface area (Å²) in [5.74, 6) is 0.481. The maximum absolute atomic E-state index is 12.9. The standard InChI is InChI=1S/C23H24N2O4S/c1-25-19-13-16(22(26)24-14-18-7-4-10-29-18)8-9-20(19)30-21(23(25)27)12-15-5-3-6-17(11-15)28-2/h3,5-6,8-9,11-13,18H,4,7,10,14H2,1-2H3,(H,24,26)/b21-12-/t18-/m1/s1. The minimum Gasteiger partial charge on any atom is -0.497 e. The second kappa shape index (κ2) is 8.93. The fourth-order valence-corrected chi connectivity index (χ4v) is 4.62. The molecule has 1 N–H and O–H groups in total. The molecule has 0 aromatic heterocycles. The summed E-state index contributed by atoms with van der Waals surface area (Å²) in [4.78, 5) is 28.6. The van der Waals surface area contributed by atoms with E-state index < -0.39 is 0 Å². The zero-order valence-corrected chi connectivity index (χ0v) is 17.8. The van der Waals surface area contributed by atoms with Crippen LogP contribution < -0.4 is 15.0 Å². The number of carbonyl (C=O) groups is 2. The highest BCUT2D eigenvalue weighted by molar-refractivity contribution is 8.04. The number of methoxy groups -OCH3 is 1. The third-order valence-electron chi connectivity index (χ3n) is 5.22. The van der Waals surface area contributed by atoms with E-state index in [1.807, 2.05) is 36.4 Å². The fourth-order valence-electron chi connectivity index (χ4n) is 3.53. The van der Waals surface area contributed by atoms with Crippen LogP contribution in [0.15, 0.2) is 52.3 Å². The summed E-state index contributed by atoms with van der Waals surface area (Å²) in [6.45, 7) is 1.27. The quantitative estimate of drug-likeness (QED) is 0.741. The molecule has 7 heteroatoms. The van der Waals surface area contributed by atoms with E-state index >= 15 is 0 Å². The first kappa shape index (κ1) is 20.5. The summed E-state index contributed by atoms with van der Waals surface area (Å²) >= 11 is 1.41. The van der Waals surface area contributed by atoms with Crippen molar-refractivity contribution >= 4 is 35.3 Å². The summed E-state index contributed by atoms with van der Waals surface area (Å²) < 4.78 is 10.8. The molecule has 2 aliphatic heterocycles. The number of anilines is 1. The van der Waals surface area contributed by atoms with Crippen molar-refractivity contribution in [3.63, 3.8) is 0 Å². The molecule has 2 aliphatic rings. The number of fused-ring (bicyclic) bond motifs is 1. The maximum Gasteiger partial charge on any atom is 0.264 e. The minimum atomic E-state index is -0.156. The van der Waals surface area contributed by atoms with Gasteiger partial charge in [0, 0.05) is 30.7 Å². The molecule has 6 nitrogen and oxygen atoms in total. The van der Waals surface area contributed by atoms with Gasteiger partial charge in [0.25, 0.3) is 11.8 Å². The largest absolute Gasteiger partial charge is 0.497 e. The Morgan fingerprint density at radius 2 is 2.20 bits per heavy atom. The summed E-state index contributed by atoms with van der Waals surface area (Å²) in [7, 11) is 3.35. The Kier molecular flexibility index (Phi) is 6.11. The van der Waals surface area contributed by atoms with E-state index in [9.17, 15) is 9.59 Å². The minimum absolute atomic E-state index is 0.0932. The average Bonchev–Trinajstić information content (AvgIpc) is 3.29. The number of nitrogens with one attached hydrogen (secondary N) is 1. The van der Waals surface area contributed by atoms with Crippen LogP contribution in [0.25, 0.3) is 6.08 Å². The van der Waals surface area contributed by atoms with Gasteiger partial charge < -0.3 is 19.7 Å². The highest BCUT2D eigenvalue weighted by atomic mass is 32.2. The van der Waals surface area contributed by atoms with Crippen LogP contribution in [0.4, 0.5) is 5.69 Å². The first-order chi connectivity index (χ1) is 14.5. The van der Waals surface area contributed by atoms with Crippen LogP contribution in [-0.2, 0) is 9.53 Å². The normalized spacial score (nSPS) is 19.7. The smallest absolute Gasteiger partial charge is 0.264 e. The van der Waals surface area contributed by atoms with E-state index in [1.165, 1.54) is 11.8 Å². The Hall–Kier alpha value is -2.77. The SMILES string of the molecule is COc1cccc(/C=C2\Sc3ccc(C(=O)NC[C@H]4CCCO4)cc3N(C)C2=O)c1. The number of benzene rings is 2.